The number of aromatic nitrogens is 2. The molecule has 0 saturated carbocycles. The van der Waals surface area contributed by atoms with Crippen molar-refractivity contribution in [2.75, 3.05) is 11.2 Å². The molecule has 0 spiro atoms. The van der Waals surface area contributed by atoms with E-state index >= 15 is 0 Å². The average Bonchev–Trinajstić information content (AvgIpc) is 2.96. The summed E-state index contributed by atoms with van der Waals surface area (Å²) in [6.07, 6.45) is 0.599. The van der Waals surface area contributed by atoms with E-state index in [1.807, 2.05) is 6.07 Å². The largest absolute Gasteiger partial charge is 0.408 e. The number of thiophene rings is 1. The molecule has 18 heavy (non-hydrogen) atoms. The Balaban J connectivity index is 2.09. The maximum Gasteiger partial charge on any atom is 0.315 e. The van der Waals surface area contributed by atoms with Crippen LogP contribution in [0.25, 0.3) is 0 Å². The van der Waals surface area contributed by atoms with Gasteiger partial charge in [0.15, 0.2) is 0 Å². The summed E-state index contributed by atoms with van der Waals surface area (Å²) in [5.74, 6) is 1.49. The molecule has 4 nitrogen and oxygen atoms in total. The number of alkyl halides is 1. The van der Waals surface area contributed by atoms with Crippen LogP contribution < -0.4 is 5.32 Å². The van der Waals surface area contributed by atoms with Crippen LogP contribution in [0.5, 0.6) is 0 Å². The van der Waals surface area contributed by atoms with Gasteiger partial charge in [0.2, 0.25) is 5.89 Å². The van der Waals surface area contributed by atoms with E-state index in [-0.39, 0.29) is 6.04 Å². The van der Waals surface area contributed by atoms with Crippen molar-refractivity contribution in [2.24, 2.45) is 5.92 Å². The summed E-state index contributed by atoms with van der Waals surface area (Å²) in [7, 11) is 0. The smallest absolute Gasteiger partial charge is 0.315 e. The van der Waals surface area contributed by atoms with Gasteiger partial charge in [-0.25, -0.2) is 0 Å². The molecule has 0 radical (unpaired) electrons. The molecule has 1 unspecified atom stereocenters. The zero-order valence-corrected chi connectivity index (χ0v) is 12.0. The third-order valence-electron chi connectivity index (χ3n) is 2.57. The molecule has 0 bridgehead atoms. The summed E-state index contributed by atoms with van der Waals surface area (Å²) in [4.78, 5) is 1.27. The van der Waals surface area contributed by atoms with E-state index in [2.05, 4.69) is 40.8 Å². The van der Waals surface area contributed by atoms with Crippen LogP contribution in [0.2, 0.25) is 0 Å². The fourth-order valence-electron chi connectivity index (χ4n) is 1.66. The Morgan fingerprint density at radius 2 is 2.28 bits per heavy atom. The molecular formula is C12H16ClN3OS. The fourth-order valence-corrected chi connectivity index (χ4v) is 2.77. The van der Waals surface area contributed by atoms with Gasteiger partial charge in [0.25, 0.3) is 0 Å². The first-order chi connectivity index (χ1) is 8.70. The van der Waals surface area contributed by atoms with Crippen LogP contribution in [0.4, 0.5) is 6.01 Å². The standard InChI is InChI=1S/C12H16ClN3OS/c1-8(2)11(9-4-3-7-18-9)14-12-16-15-10(17-12)5-6-13/h3-4,7-8,11H,5-6H2,1-2H3,(H,14,16). The number of hydrogen-bond donors (Lipinski definition) is 1. The summed E-state index contributed by atoms with van der Waals surface area (Å²) in [5.41, 5.74) is 0. The zero-order valence-electron chi connectivity index (χ0n) is 10.4. The minimum Gasteiger partial charge on any atom is -0.408 e. The molecule has 2 rings (SSSR count). The molecule has 0 aliphatic rings. The molecule has 1 N–H and O–H groups in total. The molecule has 0 saturated heterocycles. The third kappa shape index (κ3) is 3.23. The van der Waals surface area contributed by atoms with Gasteiger partial charge in [-0.15, -0.1) is 28.0 Å². The highest BCUT2D eigenvalue weighted by Gasteiger charge is 2.19. The van der Waals surface area contributed by atoms with Crippen molar-refractivity contribution in [3.05, 3.63) is 28.3 Å². The second-order valence-electron chi connectivity index (χ2n) is 4.32. The minimum atomic E-state index is 0.189. The predicted octanol–water partition coefficient (Wildman–Crippen LogP) is 3.72. The first-order valence-electron chi connectivity index (χ1n) is 5.89. The Labute approximate surface area is 115 Å². The lowest BCUT2D eigenvalue weighted by molar-refractivity contribution is 0.483. The molecule has 0 aromatic carbocycles. The van der Waals surface area contributed by atoms with E-state index < -0.39 is 0 Å². The lowest BCUT2D eigenvalue weighted by Crippen LogP contribution is -2.15. The maximum absolute atomic E-state index is 5.64. The summed E-state index contributed by atoms with van der Waals surface area (Å²) in [6.45, 7) is 4.32. The molecule has 0 aliphatic carbocycles. The number of nitrogens with zero attached hydrogens (tertiary/aromatic N) is 2. The van der Waals surface area contributed by atoms with Gasteiger partial charge in [-0.05, 0) is 17.4 Å². The first kappa shape index (κ1) is 13.4. The number of anilines is 1. The van der Waals surface area contributed by atoms with Crippen molar-refractivity contribution >= 4 is 29.0 Å². The second kappa shape index (κ2) is 6.20. The van der Waals surface area contributed by atoms with Gasteiger partial charge in [-0.1, -0.05) is 25.0 Å². The molecule has 0 aliphatic heterocycles. The molecule has 2 aromatic heterocycles. The summed E-state index contributed by atoms with van der Waals surface area (Å²) in [5, 5.41) is 13.3. The van der Waals surface area contributed by atoms with Crippen LogP contribution in [-0.2, 0) is 6.42 Å². The van der Waals surface area contributed by atoms with E-state index in [1.54, 1.807) is 11.3 Å². The SMILES string of the molecule is CC(C)C(Nc1nnc(CCCl)o1)c1cccs1. The number of hydrogen-bond acceptors (Lipinski definition) is 5. The van der Waals surface area contributed by atoms with Crippen molar-refractivity contribution in [1.29, 1.82) is 0 Å². The topological polar surface area (TPSA) is 51.0 Å². The van der Waals surface area contributed by atoms with Crippen molar-refractivity contribution in [2.45, 2.75) is 26.3 Å². The molecule has 0 amide bonds. The van der Waals surface area contributed by atoms with Crippen LogP contribution in [0.1, 0.15) is 30.7 Å². The van der Waals surface area contributed by atoms with E-state index in [1.165, 1.54) is 4.88 Å². The van der Waals surface area contributed by atoms with Crippen LogP contribution in [0.3, 0.4) is 0 Å². The third-order valence-corrected chi connectivity index (χ3v) is 3.71. The lowest BCUT2D eigenvalue weighted by atomic mass is 10.0. The quantitative estimate of drug-likeness (QED) is 0.822. The van der Waals surface area contributed by atoms with Crippen LogP contribution in [0, 0.1) is 5.92 Å². The summed E-state index contributed by atoms with van der Waals surface area (Å²) in [6, 6.07) is 4.80. The van der Waals surface area contributed by atoms with Crippen molar-refractivity contribution in [3.8, 4) is 0 Å². The Morgan fingerprint density at radius 1 is 1.44 bits per heavy atom. The number of nitrogens with one attached hydrogen (secondary N) is 1. The van der Waals surface area contributed by atoms with Gasteiger partial charge >= 0.3 is 6.01 Å². The normalized spacial score (nSPS) is 12.9. The van der Waals surface area contributed by atoms with Gasteiger partial charge < -0.3 is 9.73 Å². The van der Waals surface area contributed by atoms with E-state index in [0.717, 1.165) is 0 Å². The van der Waals surface area contributed by atoms with E-state index in [9.17, 15) is 0 Å². The minimum absolute atomic E-state index is 0.189. The molecule has 2 aromatic rings. The van der Waals surface area contributed by atoms with Gasteiger partial charge in [-0.2, -0.15) is 0 Å². The highest BCUT2D eigenvalue weighted by atomic mass is 35.5. The van der Waals surface area contributed by atoms with Crippen molar-refractivity contribution in [3.63, 3.8) is 0 Å². The zero-order chi connectivity index (χ0) is 13.0. The second-order valence-corrected chi connectivity index (χ2v) is 5.68. The van der Waals surface area contributed by atoms with Crippen LogP contribution in [-0.4, -0.2) is 16.1 Å². The molecule has 0 fully saturated rings. The summed E-state index contributed by atoms with van der Waals surface area (Å²) >= 11 is 7.36. The average molecular weight is 286 g/mol. The van der Waals surface area contributed by atoms with E-state index in [0.29, 0.717) is 30.1 Å². The molecule has 1 atom stereocenters. The number of aryl methyl sites for hydroxylation is 1. The molecule has 6 heteroatoms. The van der Waals surface area contributed by atoms with E-state index in [4.69, 9.17) is 16.0 Å². The maximum atomic E-state index is 5.64. The predicted molar refractivity (Wildman–Crippen MR) is 74.2 cm³/mol. The molecule has 2 heterocycles. The van der Waals surface area contributed by atoms with Gasteiger partial charge in [0.1, 0.15) is 0 Å². The van der Waals surface area contributed by atoms with Gasteiger partial charge in [-0.3, -0.25) is 0 Å². The highest BCUT2D eigenvalue weighted by molar-refractivity contribution is 7.10. The monoisotopic (exact) mass is 285 g/mol. The highest BCUT2D eigenvalue weighted by Crippen LogP contribution is 2.29. The van der Waals surface area contributed by atoms with Crippen LogP contribution in [0.15, 0.2) is 21.9 Å². The molecule has 98 valence electrons. The first-order valence-corrected chi connectivity index (χ1v) is 7.30. The van der Waals surface area contributed by atoms with Gasteiger partial charge in [0.05, 0.1) is 6.04 Å². The summed E-state index contributed by atoms with van der Waals surface area (Å²) < 4.78 is 5.49. The number of halogens is 1. The molecular weight excluding hydrogens is 270 g/mol. The Bertz CT molecular complexity index is 469. The van der Waals surface area contributed by atoms with Crippen molar-refractivity contribution < 1.29 is 4.42 Å². The Kier molecular flexibility index (Phi) is 4.60. The fraction of sp³-hybridized carbons (Fsp3) is 0.500. The van der Waals surface area contributed by atoms with Crippen molar-refractivity contribution in [1.82, 2.24) is 10.2 Å². The van der Waals surface area contributed by atoms with Crippen LogP contribution >= 0.6 is 22.9 Å². The lowest BCUT2D eigenvalue weighted by Gasteiger charge is -2.19. The number of rotatable bonds is 6. The Morgan fingerprint density at radius 3 is 2.89 bits per heavy atom. The Hall–Kier alpha value is -1.07. The van der Waals surface area contributed by atoms with Gasteiger partial charge in [0, 0.05) is 17.2 Å².